The summed E-state index contributed by atoms with van der Waals surface area (Å²) in [6.45, 7) is 9.75. The van der Waals surface area contributed by atoms with Crippen molar-refractivity contribution < 1.29 is 23.8 Å². The molecule has 0 saturated carbocycles. The van der Waals surface area contributed by atoms with Crippen molar-refractivity contribution in [1.29, 1.82) is 0 Å². The number of para-hydroxylation sites is 1. The van der Waals surface area contributed by atoms with E-state index in [9.17, 15) is 9.59 Å². The van der Waals surface area contributed by atoms with Crippen LogP contribution in [0.1, 0.15) is 56.6 Å². The summed E-state index contributed by atoms with van der Waals surface area (Å²) in [5.74, 6) is 1.05. The Morgan fingerprint density at radius 1 is 1.10 bits per heavy atom. The average molecular weight is 569 g/mol. The molecule has 0 aliphatic carbocycles. The molecule has 0 spiro atoms. The number of aromatic nitrogens is 1. The molecule has 1 fully saturated rings. The van der Waals surface area contributed by atoms with Gasteiger partial charge in [0.15, 0.2) is 5.75 Å². The Kier molecular flexibility index (Phi) is 9.08. The second-order valence-electron chi connectivity index (χ2n) is 10.9. The molecule has 0 unspecified atom stereocenters. The number of methoxy groups -OCH3 is 1. The predicted octanol–water partition coefficient (Wildman–Crippen LogP) is 6.43. The zero-order valence-electron chi connectivity index (χ0n) is 24.4. The van der Waals surface area contributed by atoms with E-state index in [1.807, 2.05) is 55.1 Å². The molecule has 2 amide bonds. The number of rotatable bonds is 8. The van der Waals surface area contributed by atoms with Gasteiger partial charge in [0.05, 0.1) is 30.6 Å². The number of benzene rings is 2. The summed E-state index contributed by atoms with van der Waals surface area (Å²) in [5.41, 5.74) is 3.71. The first-order valence-electron chi connectivity index (χ1n) is 13.6. The number of anilines is 2. The minimum absolute atomic E-state index is 0.0322. The fraction of sp³-hybridized carbons (Fsp3) is 0.467. The van der Waals surface area contributed by atoms with Crippen molar-refractivity contribution in [3.8, 4) is 11.5 Å². The highest BCUT2D eigenvalue weighted by molar-refractivity contribution is 7.99. The highest BCUT2D eigenvalue weighted by atomic mass is 32.2. The van der Waals surface area contributed by atoms with Crippen molar-refractivity contribution >= 4 is 46.2 Å². The molecule has 0 bridgehead atoms. The summed E-state index contributed by atoms with van der Waals surface area (Å²) in [4.78, 5) is 27.4. The van der Waals surface area contributed by atoms with Crippen LogP contribution in [0.4, 0.5) is 16.2 Å². The third kappa shape index (κ3) is 6.27. The van der Waals surface area contributed by atoms with Gasteiger partial charge in [-0.25, -0.2) is 4.79 Å². The number of nitrogens with zero attached hydrogens (tertiary/aromatic N) is 2. The number of hydrogen-bond donors (Lipinski definition) is 2. The first-order valence-corrected chi connectivity index (χ1v) is 14.8. The van der Waals surface area contributed by atoms with Crippen molar-refractivity contribution in [3.63, 3.8) is 0 Å². The fourth-order valence-electron chi connectivity index (χ4n) is 4.99. The third-order valence-electron chi connectivity index (χ3n) is 7.13. The largest absolute Gasteiger partial charge is 0.492 e. The molecule has 1 aromatic heterocycles. The Labute approximate surface area is 240 Å². The second kappa shape index (κ2) is 12.3. The van der Waals surface area contributed by atoms with Gasteiger partial charge < -0.3 is 33.7 Å². The van der Waals surface area contributed by atoms with Gasteiger partial charge in [0, 0.05) is 44.6 Å². The van der Waals surface area contributed by atoms with Crippen molar-refractivity contribution in [3.05, 3.63) is 47.7 Å². The summed E-state index contributed by atoms with van der Waals surface area (Å²) in [6, 6.07) is 11.7. The van der Waals surface area contributed by atoms with Crippen LogP contribution in [0, 0.1) is 0 Å². The van der Waals surface area contributed by atoms with Gasteiger partial charge in [-0.05, 0) is 42.2 Å². The molecule has 1 aliphatic rings. The molecule has 40 heavy (non-hydrogen) atoms. The predicted molar refractivity (Wildman–Crippen MR) is 162 cm³/mol. The van der Waals surface area contributed by atoms with Gasteiger partial charge in [-0.1, -0.05) is 44.9 Å². The van der Waals surface area contributed by atoms with E-state index in [4.69, 9.17) is 14.2 Å². The number of aryl methyl sites for hydroxylation is 1. The Morgan fingerprint density at radius 2 is 1.80 bits per heavy atom. The third-order valence-corrected chi connectivity index (χ3v) is 7.56. The quantitative estimate of drug-likeness (QED) is 0.303. The number of piperidine rings is 1. The van der Waals surface area contributed by atoms with Gasteiger partial charge in [0.25, 0.3) is 5.91 Å². The van der Waals surface area contributed by atoms with E-state index in [2.05, 4.69) is 36.9 Å². The zero-order chi connectivity index (χ0) is 29.0. The lowest BCUT2D eigenvalue weighted by Crippen LogP contribution is -2.42. The standard InChI is InChI=1S/C30H40N4O5S/c1-8-38-29(36)34-14-12-21(13-15-34)39-25-11-9-10-19-16-24(33(5)26(19)25)28(35)31-22-17-20(30(2,3)4)18-23(32-40-7)27(22)37-6/h9-11,16-18,21,32H,8,12-15H2,1-7H3,(H,31,35). The smallest absolute Gasteiger partial charge is 0.409 e. The first kappa shape index (κ1) is 29.5. The van der Waals surface area contributed by atoms with E-state index in [0.717, 1.165) is 22.2 Å². The zero-order valence-corrected chi connectivity index (χ0v) is 25.2. The molecule has 4 rings (SSSR count). The molecule has 9 nitrogen and oxygen atoms in total. The summed E-state index contributed by atoms with van der Waals surface area (Å²) >= 11 is 1.47. The molecule has 2 heterocycles. The fourth-order valence-corrected chi connectivity index (χ4v) is 5.36. The molecule has 2 N–H and O–H groups in total. The maximum absolute atomic E-state index is 13.7. The second-order valence-corrected chi connectivity index (χ2v) is 11.5. The minimum Gasteiger partial charge on any atom is -0.492 e. The van der Waals surface area contributed by atoms with Crippen LogP contribution in [0.2, 0.25) is 0 Å². The molecule has 10 heteroatoms. The molecule has 3 aromatic rings. The molecule has 2 aromatic carbocycles. The maximum Gasteiger partial charge on any atom is 0.409 e. The molecule has 1 aliphatic heterocycles. The molecular weight excluding hydrogens is 528 g/mol. The van der Waals surface area contributed by atoms with Gasteiger partial charge in [-0.15, -0.1) is 0 Å². The van der Waals surface area contributed by atoms with Crippen molar-refractivity contribution in [2.45, 2.75) is 52.1 Å². The Balaban J connectivity index is 1.59. The van der Waals surface area contributed by atoms with Crippen LogP contribution in [0.3, 0.4) is 0 Å². The van der Waals surface area contributed by atoms with Crippen LogP contribution in [0.25, 0.3) is 10.9 Å². The van der Waals surface area contributed by atoms with Gasteiger partial charge >= 0.3 is 6.09 Å². The Morgan fingerprint density at radius 3 is 2.42 bits per heavy atom. The molecule has 1 saturated heterocycles. The summed E-state index contributed by atoms with van der Waals surface area (Å²) in [6.07, 6.45) is 3.06. The van der Waals surface area contributed by atoms with Crippen LogP contribution in [-0.4, -0.2) is 60.6 Å². The van der Waals surface area contributed by atoms with Crippen molar-refractivity contribution in [2.75, 3.05) is 43.1 Å². The maximum atomic E-state index is 13.7. The van der Waals surface area contributed by atoms with Crippen LogP contribution >= 0.6 is 11.9 Å². The Bertz CT molecular complexity index is 1370. The van der Waals surface area contributed by atoms with Crippen molar-refractivity contribution in [2.24, 2.45) is 7.05 Å². The number of hydrogen-bond acceptors (Lipinski definition) is 7. The number of nitrogens with one attached hydrogen (secondary N) is 2. The number of carbonyl (C=O) groups excluding carboxylic acids is 2. The van der Waals surface area contributed by atoms with Crippen LogP contribution in [-0.2, 0) is 17.2 Å². The van der Waals surface area contributed by atoms with E-state index in [0.29, 0.717) is 55.4 Å². The monoisotopic (exact) mass is 568 g/mol. The lowest BCUT2D eigenvalue weighted by molar-refractivity contribution is 0.0707. The van der Waals surface area contributed by atoms with E-state index in [1.54, 1.807) is 12.0 Å². The minimum atomic E-state index is -0.276. The molecule has 0 radical (unpaired) electrons. The van der Waals surface area contributed by atoms with E-state index in [-0.39, 0.29) is 23.5 Å². The molecule has 216 valence electrons. The number of fused-ring (bicyclic) bond motifs is 1. The van der Waals surface area contributed by atoms with E-state index >= 15 is 0 Å². The topological polar surface area (TPSA) is 94.1 Å². The van der Waals surface area contributed by atoms with Gasteiger partial charge in [0.1, 0.15) is 17.5 Å². The summed E-state index contributed by atoms with van der Waals surface area (Å²) in [7, 11) is 3.47. The SMILES string of the molecule is CCOC(=O)N1CCC(Oc2cccc3cc(C(=O)Nc4cc(C(C)(C)C)cc(NSC)c4OC)n(C)c23)CC1. The lowest BCUT2D eigenvalue weighted by atomic mass is 9.86. The first-order chi connectivity index (χ1) is 19.1. The van der Waals surface area contributed by atoms with Gasteiger partial charge in [0.2, 0.25) is 0 Å². The summed E-state index contributed by atoms with van der Waals surface area (Å²) in [5, 5.41) is 4.00. The van der Waals surface area contributed by atoms with Crippen LogP contribution in [0.5, 0.6) is 11.5 Å². The van der Waals surface area contributed by atoms with Gasteiger partial charge in [-0.2, -0.15) is 0 Å². The Hall–Kier alpha value is -3.53. The van der Waals surface area contributed by atoms with Crippen LogP contribution in [0.15, 0.2) is 36.4 Å². The number of amides is 2. The average Bonchev–Trinajstić information content (AvgIpc) is 3.26. The van der Waals surface area contributed by atoms with Crippen molar-refractivity contribution in [1.82, 2.24) is 9.47 Å². The number of ether oxygens (including phenoxy) is 3. The normalized spacial score (nSPS) is 14.2. The molecular formula is C30H40N4O5S. The highest BCUT2D eigenvalue weighted by Gasteiger charge is 2.26. The van der Waals surface area contributed by atoms with Crippen LogP contribution < -0.4 is 19.5 Å². The highest BCUT2D eigenvalue weighted by Crippen LogP contribution is 2.40. The number of carbonyl (C=O) groups is 2. The molecule has 0 atom stereocenters. The number of likely N-dealkylation sites (tertiary alicyclic amines) is 1. The van der Waals surface area contributed by atoms with E-state index in [1.165, 1.54) is 11.9 Å². The summed E-state index contributed by atoms with van der Waals surface area (Å²) < 4.78 is 22.4. The van der Waals surface area contributed by atoms with Gasteiger partial charge in [-0.3, -0.25) is 4.79 Å². The van der Waals surface area contributed by atoms with E-state index < -0.39 is 0 Å². The lowest BCUT2D eigenvalue weighted by Gasteiger charge is -2.31.